The van der Waals surface area contributed by atoms with E-state index in [-0.39, 0.29) is 0 Å². The standard InChI is InChI=1S/2C36H44O10.4CHCl3/c2*1-5-33-26-30-2-6-34(25-29(1)30)44-22-18-40-14-10-38-12-16-42-20-24-46-36-8-4-31-27-35(7-3-32(31)28-36)45-23-19-41-15-11-37-9-13-39-17-21-43-33;4*2-1(3)4/h2*1-8,25-28H,9-24H2;4*1H. The molecule has 16 aliphatic heterocycles. The third-order valence-corrected chi connectivity index (χ3v) is 14.1. The molecule has 16 bridgehead atoms. The van der Waals surface area contributed by atoms with E-state index in [4.69, 9.17) is 234 Å². The van der Waals surface area contributed by atoms with Gasteiger partial charge in [-0.25, -0.2) is 0 Å². The first-order valence-corrected chi connectivity index (χ1v) is 39.6. The van der Waals surface area contributed by atoms with Gasteiger partial charge >= 0.3 is 0 Å². The molecule has 0 amide bonds. The van der Waals surface area contributed by atoms with Crippen LogP contribution in [0.5, 0.6) is 46.0 Å². The molecule has 0 saturated carbocycles. The van der Waals surface area contributed by atoms with E-state index < -0.39 is 17.2 Å². The molecule has 16 heterocycles. The molecule has 20 nitrogen and oxygen atoms in total. The summed E-state index contributed by atoms with van der Waals surface area (Å²) in [5.41, 5.74) is 0. The number of rotatable bonds is 0. The average Bonchev–Trinajstić information content (AvgIpc) is 0.853. The lowest BCUT2D eigenvalue weighted by molar-refractivity contribution is 0.00498. The van der Waals surface area contributed by atoms with Crippen LogP contribution >= 0.6 is 139 Å². The van der Waals surface area contributed by atoms with E-state index in [1.807, 2.05) is 146 Å². The smallest absolute Gasteiger partial charge is 0.180 e. The van der Waals surface area contributed by atoms with Crippen LogP contribution in [0.3, 0.4) is 0 Å². The SMILES string of the molecule is ClC(Cl)Cl.ClC(Cl)Cl.ClC(Cl)Cl.ClC(Cl)Cl.c1cc2cc3ccc2cc1OCCOCCOCCOCCOc1ccc2cc(ccc2c1)OCCOCCOCCOCCO3.c1cc2cc3ccc2cc1OCCOCCOCCOCCOc1ccc2cc(ccc2c1)OCCOCCOCCOCCO3. The number of alkyl halides is 12. The van der Waals surface area contributed by atoms with Crippen molar-refractivity contribution in [1.29, 1.82) is 0 Å². The van der Waals surface area contributed by atoms with Crippen molar-refractivity contribution in [3.05, 3.63) is 146 Å². The summed E-state index contributed by atoms with van der Waals surface area (Å²) in [5.74, 6) is 6.38. The van der Waals surface area contributed by atoms with Gasteiger partial charge in [-0.05, 0) is 140 Å². The second kappa shape index (κ2) is 61.7. The van der Waals surface area contributed by atoms with Gasteiger partial charge in [-0.15, -0.1) is 0 Å². The lowest BCUT2D eigenvalue weighted by Gasteiger charge is -2.11. The Morgan fingerprint density at radius 1 is 0.139 bits per heavy atom. The summed E-state index contributed by atoms with van der Waals surface area (Å²) in [7, 11) is 0. The van der Waals surface area contributed by atoms with Crippen LogP contribution in [-0.4, -0.2) is 229 Å². The lowest BCUT2D eigenvalue weighted by atomic mass is 10.1. The van der Waals surface area contributed by atoms with Gasteiger partial charge < -0.3 is 94.7 Å². The molecule has 0 fully saturated rings. The molecule has 0 atom stereocenters. The third-order valence-electron chi connectivity index (χ3n) is 14.1. The van der Waals surface area contributed by atoms with Gasteiger partial charge in [0, 0.05) is 0 Å². The van der Waals surface area contributed by atoms with Gasteiger partial charge in [0.05, 0.1) is 159 Å². The van der Waals surface area contributed by atoms with Crippen molar-refractivity contribution in [2.75, 3.05) is 211 Å². The van der Waals surface area contributed by atoms with Gasteiger partial charge in [-0.2, -0.15) is 0 Å². The zero-order chi connectivity index (χ0) is 77.3. The Labute approximate surface area is 691 Å². The molecule has 0 aliphatic carbocycles. The number of benzene rings is 8. The van der Waals surface area contributed by atoms with E-state index >= 15 is 0 Å². The monoisotopic (exact) mass is 1740 g/mol. The molecule has 0 spiro atoms. The summed E-state index contributed by atoms with van der Waals surface area (Å²) in [4.78, 5) is 0. The molecule has 32 heteroatoms. The van der Waals surface area contributed by atoms with Crippen molar-refractivity contribution < 1.29 is 94.7 Å². The van der Waals surface area contributed by atoms with Crippen LogP contribution < -0.4 is 37.9 Å². The van der Waals surface area contributed by atoms with Crippen LogP contribution in [0.25, 0.3) is 43.1 Å². The molecule has 8 aromatic carbocycles. The summed E-state index contributed by atoms with van der Waals surface area (Å²) in [6.45, 7) is 15.5. The van der Waals surface area contributed by atoms with E-state index in [0.717, 1.165) is 89.1 Å². The maximum Gasteiger partial charge on any atom is 0.180 e. The largest absolute Gasteiger partial charge is 0.491 e. The van der Waals surface area contributed by atoms with E-state index in [9.17, 15) is 0 Å². The highest BCUT2D eigenvalue weighted by Crippen LogP contribution is 2.29. The highest BCUT2D eigenvalue weighted by Gasteiger charge is 2.08. The Hall–Kier alpha value is -3.80. The zero-order valence-corrected chi connectivity index (χ0v) is 68.6. The first kappa shape index (κ1) is 94.8. The van der Waals surface area contributed by atoms with Crippen molar-refractivity contribution in [2.24, 2.45) is 0 Å². The average molecular weight is 1750 g/mol. The Kier molecular flexibility index (Phi) is 54.1. The second-order valence-corrected chi connectivity index (χ2v) is 29.7. The molecule has 8 aromatic rings. The van der Waals surface area contributed by atoms with Crippen molar-refractivity contribution in [1.82, 2.24) is 0 Å². The molecule has 600 valence electrons. The number of ether oxygens (including phenoxy) is 20. The minimum Gasteiger partial charge on any atom is -0.491 e. The summed E-state index contributed by atoms with van der Waals surface area (Å²) >= 11 is 57.7. The van der Waals surface area contributed by atoms with Crippen molar-refractivity contribution in [2.45, 2.75) is 17.2 Å². The maximum atomic E-state index is 5.86. The Bertz CT molecular complexity index is 2910. The van der Waals surface area contributed by atoms with E-state index in [1.165, 1.54) is 0 Å². The molecule has 0 unspecified atom stereocenters. The van der Waals surface area contributed by atoms with Crippen LogP contribution in [0.2, 0.25) is 0 Å². The predicted octanol–water partition coefficient (Wildman–Crippen LogP) is 18.6. The number of hydrogen-bond donors (Lipinski definition) is 0. The van der Waals surface area contributed by atoms with Crippen LogP contribution in [0.1, 0.15) is 0 Å². The molecule has 24 rings (SSSR count). The zero-order valence-electron chi connectivity index (χ0n) is 59.5. The Morgan fingerprint density at radius 3 is 0.315 bits per heavy atom. The van der Waals surface area contributed by atoms with Gasteiger partial charge in [0.15, 0.2) is 17.2 Å². The van der Waals surface area contributed by atoms with E-state index in [2.05, 4.69) is 0 Å². The fourth-order valence-electron chi connectivity index (χ4n) is 9.44. The van der Waals surface area contributed by atoms with Gasteiger partial charge in [0.25, 0.3) is 0 Å². The van der Waals surface area contributed by atoms with Crippen molar-refractivity contribution >= 4 is 182 Å². The summed E-state index contributed by atoms with van der Waals surface area (Å²) in [6.07, 6.45) is 0. The molecule has 108 heavy (non-hydrogen) atoms. The third kappa shape index (κ3) is 47.7. The summed E-state index contributed by atoms with van der Waals surface area (Å²) < 4.78 is 111. The van der Waals surface area contributed by atoms with E-state index in [0.29, 0.717) is 211 Å². The quantitative estimate of drug-likeness (QED) is 0.130. The van der Waals surface area contributed by atoms with E-state index in [1.54, 1.807) is 0 Å². The molecule has 0 saturated heterocycles. The van der Waals surface area contributed by atoms with Crippen LogP contribution in [0, 0.1) is 0 Å². The fraction of sp³-hybridized carbons (Fsp3) is 0.474. The molecule has 0 radical (unpaired) electrons. The number of hydrogen-bond acceptors (Lipinski definition) is 20. The Balaban J connectivity index is 0.000000323. The minimum absolute atomic E-state index is 0.460. The van der Waals surface area contributed by atoms with Crippen LogP contribution in [0.4, 0.5) is 0 Å². The van der Waals surface area contributed by atoms with Crippen molar-refractivity contribution in [3.63, 3.8) is 0 Å². The van der Waals surface area contributed by atoms with Gasteiger partial charge in [0.1, 0.15) is 98.9 Å². The van der Waals surface area contributed by atoms with Gasteiger partial charge in [-0.1, -0.05) is 188 Å². The second-order valence-electron chi connectivity index (χ2n) is 21.8. The topological polar surface area (TPSA) is 185 Å². The first-order valence-electron chi connectivity index (χ1n) is 34.4. The molecule has 0 aromatic heterocycles. The highest BCUT2D eigenvalue weighted by molar-refractivity contribution is 6.64. The first-order chi connectivity index (χ1) is 52.6. The van der Waals surface area contributed by atoms with Crippen LogP contribution in [0.15, 0.2) is 146 Å². The summed E-state index contributed by atoms with van der Waals surface area (Å²) in [6, 6.07) is 48.0. The summed E-state index contributed by atoms with van der Waals surface area (Å²) in [5, 5.41) is 8.61. The van der Waals surface area contributed by atoms with Gasteiger partial charge in [0.2, 0.25) is 0 Å². The fourth-order valence-corrected chi connectivity index (χ4v) is 9.44. The minimum atomic E-state index is -0.750. The maximum absolute atomic E-state index is 5.86. The number of halogens is 12. The molecular weight excluding hydrogens is 1660 g/mol. The predicted molar refractivity (Wildman–Crippen MR) is 435 cm³/mol. The highest BCUT2D eigenvalue weighted by atomic mass is 35.6. The van der Waals surface area contributed by atoms with Gasteiger partial charge in [-0.3, -0.25) is 0 Å². The normalized spacial score (nSPS) is 16.7. The molecule has 0 N–H and O–H groups in total. The van der Waals surface area contributed by atoms with Crippen molar-refractivity contribution in [3.8, 4) is 46.0 Å². The Morgan fingerprint density at radius 2 is 0.222 bits per heavy atom. The molecular formula is C76H92Cl12O20. The lowest BCUT2D eigenvalue weighted by Crippen LogP contribution is -2.14. The van der Waals surface area contributed by atoms with Crippen LogP contribution in [-0.2, 0) is 56.8 Å². The molecule has 16 aliphatic rings.